The van der Waals surface area contributed by atoms with Crippen LogP contribution in [-0.4, -0.2) is 12.6 Å². The van der Waals surface area contributed by atoms with Gasteiger partial charge in [0.1, 0.15) is 0 Å². The maximum Gasteiger partial charge on any atom is 0.341 e. The summed E-state index contributed by atoms with van der Waals surface area (Å²) in [6.45, 7) is 1.54. The molecule has 0 atom stereocenters. The van der Waals surface area contributed by atoms with Crippen LogP contribution < -0.4 is 0 Å². The van der Waals surface area contributed by atoms with Gasteiger partial charge in [-0.15, -0.1) is 0 Å². The van der Waals surface area contributed by atoms with E-state index in [0.717, 1.165) is 0 Å². The molecule has 0 unspecified atom stereocenters. The number of esters is 1. The number of halogens is 4. The smallest absolute Gasteiger partial charge is 0.341 e. The van der Waals surface area contributed by atoms with E-state index < -0.39 is 33.5 Å². The molecule has 0 aliphatic rings. The normalized spacial score (nSPS) is 10.2. The summed E-state index contributed by atoms with van der Waals surface area (Å²) < 4.78 is 42.7. The van der Waals surface area contributed by atoms with Gasteiger partial charge >= 0.3 is 5.97 Å². The highest BCUT2D eigenvalue weighted by atomic mass is 79.9. The molecule has 0 bridgehead atoms. The summed E-state index contributed by atoms with van der Waals surface area (Å²) in [5.74, 6) is -4.89. The van der Waals surface area contributed by atoms with Crippen LogP contribution in [-0.2, 0) is 4.74 Å². The van der Waals surface area contributed by atoms with Gasteiger partial charge in [0.25, 0.3) is 0 Å². The first-order chi connectivity index (χ1) is 6.99. The zero-order chi connectivity index (χ0) is 11.6. The molecule has 0 N–H and O–H groups in total. The van der Waals surface area contributed by atoms with E-state index in [9.17, 15) is 18.0 Å². The lowest BCUT2D eigenvalue weighted by Crippen LogP contribution is -2.09. The third-order valence-electron chi connectivity index (χ3n) is 1.60. The Morgan fingerprint density at radius 3 is 2.53 bits per heavy atom. The third kappa shape index (κ3) is 2.31. The maximum atomic E-state index is 13.3. The highest BCUT2D eigenvalue weighted by Gasteiger charge is 2.21. The summed E-state index contributed by atoms with van der Waals surface area (Å²) in [6.07, 6.45) is 0. The van der Waals surface area contributed by atoms with Crippen LogP contribution in [0.2, 0.25) is 0 Å². The summed E-state index contributed by atoms with van der Waals surface area (Å²) in [4.78, 5) is 11.1. The molecule has 0 saturated heterocycles. The Bertz CT molecular complexity index is 407. The van der Waals surface area contributed by atoms with Gasteiger partial charge in [0.2, 0.25) is 0 Å². The van der Waals surface area contributed by atoms with E-state index in [1.54, 1.807) is 0 Å². The minimum Gasteiger partial charge on any atom is -0.462 e. The molecule has 2 nitrogen and oxygen atoms in total. The van der Waals surface area contributed by atoms with E-state index in [-0.39, 0.29) is 6.61 Å². The summed E-state index contributed by atoms with van der Waals surface area (Å²) in [7, 11) is 0. The van der Waals surface area contributed by atoms with Gasteiger partial charge in [-0.1, -0.05) is 0 Å². The monoisotopic (exact) mass is 282 g/mol. The van der Waals surface area contributed by atoms with Crippen molar-refractivity contribution in [1.82, 2.24) is 0 Å². The minimum atomic E-state index is -1.37. The van der Waals surface area contributed by atoms with Gasteiger partial charge in [-0.3, -0.25) is 0 Å². The average molecular weight is 283 g/mol. The number of carbonyl (C=O) groups is 1. The molecular formula is C9H6BrF3O2. The summed E-state index contributed by atoms with van der Waals surface area (Å²) >= 11 is 2.50. The molecule has 15 heavy (non-hydrogen) atoms. The van der Waals surface area contributed by atoms with Gasteiger partial charge < -0.3 is 4.74 Å². The van der Waals surface area contributed by atoms with Crippen molar-refractivity contribution >= 4 is 21.9 Å². The number of rotatable bonds is 2. The first kappa shape index (κ1) is 12.0. The van der Waals surface area contributed by atoms with Gasteiger partial charge in [0, 0.05) is 0 Å². The van der Waals surface area contributed by atoms with Gasteiger partial charge in [-0.05, 0) is 28.9 Å². The second kappa shape index (κ2) is 4.65. The standard InChI is InChI=1S/C9H6BrF3O2/c1-2-15-9(14)4-3-5(11)8(13)6(10)7(4)12/h3H,2H2,1H3. The van der Waals surface area contributed by atoms with Crippen molar-refractivity contribution in [2.24, 2.45) is 0 Å². The molecule has 1 rings (SSSR count). The molecule has 0 heterocycles. The topological polar surface area (TPSA) is 26.3 Å². The molecular weight excluding hydrogens is 277 g/mol. The van der Waals surface area contributed by atoms with Gasteiger partial charge in [0.15, 0.2) is 17.5 Å². The largest absolute Gasteiger partial charge is 0.462 e. The van der Waals surface area contributed by atoms with Gasteiger partial charge in [0.05, 0.1) is 16.6 Å². The molecule has 0 aliphatic carbocycles. The van der Waals surface area contributed by atoms with E-state index in [1.165, 1.54) is 6.92 Å². The molecule has 6 heteroatoms. The van der Waals surface area contributed by atoms with Crippen LogP contribution in [0.4, 0.5) is 13.2 Å². The van der Waals surface area contributed by atoms with Crippen LogP contribution in [0.5, 0.6) is 0 Å². The molecule has 1 aromatic carbocycles. The summed E-state index contributed by atoms with van der Waals surface area (Å²) in [5, 5.41) is 0. The van der Waals surface area contributed by atoms with Crippen LogP contribution in [0.25, 0.3) is 0 Å². The first-order valence-corrected chi connectivity index (χ1v) is 4.78. The highest BCUT2D eigenvalue weighted by Crippen LogP contribution is 2.25. The summed E-state index contributed by atoms with van der Waals surface area (Å²) in [6, 6.07) is 0.466. The van der Waals surface area contributed by atoms with Crippen LogP contribution in [0, 0.1) is 17.5 Å². The Balaban J connectivity index is 3.26. The predicted molar refractivity (Wildman–Crippen MR) is 50.0 cm³/mol. The van der Waals surface area contributed by atoms with Gasteiger partial charge in [-0.25, -0.2) is 18.0 Å². The number of carbonyl (C=O) groups excluding carboxylic acids is 1. The van der Waals surface area contributed by atoms with E-state index in [0.29, 0.717) is 6.07 Å². The highest BCUT2D eigenvalue weighted by molar-refractivity contribution is 9.10. The fourth-order valence-corrected chi connectivity index (χ4v) is 1.33. The second-order valence-corrected chi connectivity index (χ2v) is 3.36. The summed E-state index contributed by atoms with van der Waals surface area (Å²) in [5.41, 5.74) is -0.636. The van der Waals surface area contributed by atoms with Crippen LogP contribution in [0.3, 0.4) is 0 Å². The number of hydrogen-bond donors (Lipinski definition) is 0. The van der Waals surface area contributed by atoms with Crippen molar-refractivity contribution < 1.29 is 22.7 Å². The Kier molecular flexibility index (Phi) is 3.73. The predicted octanol–water partition coefficient (Wildman–Crippen LogP) is 3.04. The lowest BCUT2D eigenvalue weighted by atomic mass is 10.2. The first-order valence-electron chi connectivity index (χ1n) is 3.99. The fourth-order valence-electron chi connectivity index (χ4n) is 0.930. The second-order valence-electron chi connectivity index (χ2n) is 2.57. The average Bonchev–Trinajstić information content (AvgIpc) is 2.20. The Morgan fingerprint density at radius 1 is 1.40 bits per heavy atom. The number of benzene rings is 1. The number of hydrogen-bond acceptors (Lipinski definition) is 2. The molecule has 0 radical (unpaired) electrons. The fraction of sp³-hybridized carbons (Fsp3) is 0.222. The zero-order valence-electron chi connectivity index (χ0n) is 7.61. The molecule has 0 fully saturated rings. The minimum absolute atomic E-state index is 0.0227. The van der Waals surface area contributed by atoms with Crippen LogP contribution in [0.15, 0.2) is 10.5 Å². The SMILES string of the molecule is CCOC(=O)c1cc(F)c(F)c(Br)c1F. The Labute approximate surface area is 92.2 Å². The van der Waals surface area contributed by atoms with E-state index in [4.69, 9.17) is 0 Å². The van der Waals surface area contributed by atoms with E-state index >= 15 is 0 Å². The van der Waals surface area contributed by atoms with Crippen LogP contribution in [0.1, 0.15) is 17.3 Å². The third-order valence-corrected chi connectivity index (χ3v) is 2.29. The number of ether oxygens (including phenoxy) is 1. The lowest BCUT2D eigenvalue weighted by Gasteiger charge is -2.05. The Hall–Kier alpha value is -1.04. The molecule has 0 aromatic heterocycles. The van der Waals surface area contributed by atoms with Crippen LogP contribution >= 0.6 is 15.9 Å². The van der Waals surface area contributed by atoms with Crippen molar-refractivity contribution in [2.75, 3.05) is 6.61 Å². The molecule has 0 spiro atoms. The van der Waals surface area contributed by atoms with E-state index in [1.807, 2.05) is 0 Å². The molecule has 0 amide bonds. The molecule has 0 saturated carbocycles. The zero-order valence-corrected chi connectivity index (χ0v) is 9.20. The van der Waals surface area contributed by atoms with Crippen molar-refractivity contribution in [3.05, 3.63) is 33.6 Å². The van der Waals surface area contributed by atoms with Crippen molar-refractivity contribution in [2.45, 2.75) is 6.92 Å². The molecule has 0 aliphatic heterocycles. The molecule has 82 valence electrons. The van der Waals surface area contributed by atoms with Crippen molar-refractivity contribution in [3.63, 3.8) is 0 Å². The lowest BCUT2D eigenvalue weighted by molar-refractivity contribution is 0.0520. The quantitative estimate of drug-likeness (QED) is 0.473. The van der Waals surface area contributed by atoms with Crippen molar-refractivity contribution in [1.29, 1.82) is 0 Å². The molecule has 1 aromatic rings. The Morgan fingerprint density at radius 2 is 2.00 bits per heavy atom. The van der Waals surface area contributed by atoms with Gasteiger partial charge in [-0.2, -0.15) is 0 Å². The maximum absolute atomic E-state index is 13.3. The van der Waals surface area contributed by atoms with E-state index in [2.05, 4.69) is 20.7 Å². The van der Waals surface area contributed by atoms with Crippen molar-refractivity contribution in [3.8, 4) is 0 Å².